The van der Waals surface area contributed by atoms with E-state index in [1.165, 1.54) is 0 Å². The highest BCUT2D eigenvalue weighted by Gasteiger charge is 2.01. The molecule has 0 radical (unpaired) electrons. The van der Waals surface area contributed by atoms with Crippen LogP contribution in [0.5, 0.6) is 0 Å². The van der Waals surface area contributed by atoms with Gasteiger partial charge < -0.3 is 10.4 Å². The molecule has 2 aromatic carbocycles. The number of benzene rings is 2. The number of hydrogen-bond donors (Lipinski definition) is 2. The summed E-state index contributed by atoms with van der Waals surface area (Å²) in [5.41, 5.74) is 3.30. The van der Waals surface area contributed by atoms with E-state index < -0.39 is 0 Å². The molecule has 2 rings (SSSR count). The topological polar surface area (TPSA) is 32.3 Å². The van der Waals surface area contributed by atoms with Gasteiger partial charge in [0, 0.05) is 28.3 Å². The lowest BCUT2D eigenvalue weighted by atomic mass is 10.1. The van der Waals surface area contributed by atoms with Gasteiger partial charge in [-0.25, -0.2) is 0 Å². The standard InChI is InChI=1S/C15H15BrClNO/c16-15-6-3-13(17)9-12(15)10-18-14-4-1-11(2-5-14)7-8-19/h1-6,9,18-19H,7-8,10H2. The Balaban J connectivity index is 2.00. The molecule has 2 aromatic rings. The number of hydrogen-bond acceptors (Lipinski definition) is 2. The summed E-state index contributed by atoms with van der Waals surface area (Å²) in [6, 6.07) is 13.8. The summed E-state index contributed by atoms with van der Waals surface area (Å²) in [5, 5.41) is 12.9. The van der Waals surface area contributed by atoms with Gasteiger partial charge in [-0.15, -0.1) is 0 Å². The zero-order valence-corrected chi connectivity index (χ0v) is 12.7. The van der Waals surface area contributed by atoms with Gasteiger partial charge in [0.2, 0.25) is 0 Å². The molecule has 0 saturated carbocycles. The Hall–Kier alpha value is -1.03. The van der Waals surface area contributed by atoms with Gasteiger partial charge in [0.15, 0.2) is 0 Å². The molecule has 4 heteroatoms. The van der Waals surface area contributed by atoms with Gasteiger partial charge in [-0.1, -0.05) is 39.7 Å². The number of rotatable bonds is 5. The molecule has 100 valence electrons. The summed E-state index contributed by atoms with van der Waals surface area (Å²) in [6.07, 6.45) is 0.695. The maximum atomic E-state index is 8.86. The number of halogens is 2. The fourth-order valence-electron chi connectivity index (χ4n) is 1.79. The molecule has 2 N–H and O–H groups in total. The maximum absolute atomic E-state index is 8.86. The highest BCUT2D eigenvalue weighted by Crippen LogP contribution is 2.22. The van der Waals surface area contributed by atoms with Crippen molar-refractivity contribution in [3.8, 4) is 0 Å². The van der Waals surface area contributed by atoms with Crippen LogP contribution < -0.4 is 5.32 Å². The number of aliphatic hydroxyl groups is 1. The highest BCUT2D eigenvalue weighted by molar-refractivity contribution is 9.10. The lowest BCUT2D eigenvalue weighted by molar-refractivity contribution is 0.299. The number of anilines is 1. The fraction of sp³-hybridized carbons (Fsp3) is 0.200. The number of nitrogens with one attached hydrogen (secondary N) is 1. The van der Waals surface area contributed by atoms with Crippen molar-refractivity contribution >= 4 is 33.2 Å². The van der Waals surface area contributed by atoms with Crippen molar-refractivity contribution < 1.29 is 5.11 Å². The third-order valence-electron chi connectivity index (χ3n) is 2.85. The van der Waals surface area contributed by atoms with E-state index in [9.17, 15) is 0 Å². The second-order valence-electron chi connectivity index (χ2n) is 4.26. The molecular weight excluding hydrogens is 326 g/mol. The molecular formula is C15H15BrClNO. The molecule has 0 aliphatic carbocycles. The summed E-state index contributed by atoms with van der Waals surface area (Å²) in [4.78, 5) is 0. The Kier molecular flexibility index (Phi) is 5.25. The predicted molar refractivity (Wildman–Crippen MR) is 83.7 cm³/mol. The van der Waals surface area contributed by atoms with Crippen LogP contribution >= 0.6 is 27.5 Å². The first-order valence-corrected chi connectivity index (χ1v) is 7.24. The van der Waals surface area contributed by atoms with Crippen molar-refractivity contribution in [2.45, 2.75) is 13.0 Å². The van der Waals surface area contributed by atoms with Gasteiger partial charge >= 0.3 is 0 Å². The summed E-state index contributed by atoms with van der Waals surface area (Å²) in [6.45, 7) is 0.892. The molecule has 0 saturated heterocycles. The van der Waals surface area contributed by atoms with Gasteiger partial charge in [-0.3, -0.25) is 0 Å². The van der Waals surface area contributed by atoms with Crippen LogP contribution in [0.1, 0.15) is 11.1 Å². The van der Waals surface area contributed by atoms with Gasteiger partial charge in [0.05, 0.1) is 0 Å². The van der Waals surface area contributed by atoms with Gasteiger partial charge in [0.25, 0.3) is 0 Å². The Bertz CT molecular complexity index is 542. The van der Waals surface area contributed by atoms with Crippen LogP contribution in [0.2, 0.25) is 5.02 Å². The van der Waals surface area contributed by atoms with E-state index in [1.54, 1.807) is 0 Å². The van der Waals surface area contributed by atoms with E-state index in [0.29, 0.717) is 13.0 Å². The second kappa shape index (κ2) is 6.94. The first-order valence-electron chi connectivity index (χ1n) is 6.06. The second-order valence-corrected chi connectivity index (χ2v) is 5.55. The fourth-order valence-corrected chi connectivity index (χ4v) is 2.38. The largest absolute Gasteiger partial charge is 0.396 e. The summed E-state index contributed by atoms with van der Waals surface area (Å²) < 4.78 is 1.04. The van der Waals surface area contributed by atoms with Crippen LogP contribution in [0.25, 0.3) is 0 Å². The van der Waals surface area contributed by atoms with Crippen molar-refractivity contribution in [3.05, 3.63) is 63.1 Å². The van der Waals surface area contributed by atoms with Crippen LogP contribution in [0.15, 0.2) is 46.9 Å². The molecule has 0 unspecified atom stereocenters. The van der Waals surface area contributed by atoms with Crippen LogP contribution in [-0.2, 0) is 13.0 Å². The molecule has 0 aliphatic rings. The SMILES string of the molecule is OCCc1ccc(NCc2cc(Cl)ccc2Br)cc1. The van der Waals surface area contributed by atoms with E-state index in [2.05, 4.69) is 21.2 Å². The molecule has 19 heavy (non-hydrogen) atoms. The lowest BCUT2D eigenvalue weighted by Crippen LogP contribution is -2.00. The summed E-state index contributed by atoms with van der Waals surface area (Å²) in [5.74, 6) is 0. The first-order chi connectivity index (χ1) is 9.19. The summed E-state index contributed by atoms with van der Waals surface area (Å²) >= 11 is 9.49. The van der Waals surface area contributed by atoms with Crippen molar-refractivity contribution in [3.63, 3.8) is 0 Å². The van der Waals surface area contributed by atoms with Crippen molar-refractivity contribution in [2.75, 3.05) is 11.9 Å². The van der Waals surface area contributed by atoms with Crippen LogP contribution in [0.4, 0.5) is 5.69 Å². The maximum Gasteiger partial charge on any atom is 0.0471 e. The van der Waals surface area contributed by atoms with Gasteiger partial charge in [-0.05, 0) is 47.9 Å². The summed E-state index contributed by atoms with van der Waals surface area (Å²) in [7, 11) is 0. The average Bonchev–Trinajstić information content (AvgIpc) is 2.42. The first kappa shape index (κ1) is 14.4. The predicted octanol–water partition coefficient (Wildman–Crippen LogP) is 4.25. The van der Waals surface area contributed by atoms with E-state index in [4.69, 9.17) is 16.7 Å². The van der Waals surface area contributed by atoms with Crippen LogP contribution in [0, 0.1) is 0 Å². The Morgan fingerprint density at radius 1 is 1.11 bits per heavy atom. The Morgan fingerprint density at radius 3 is 2.53 bits per heavy atom. The van der Waals surface area contributed by atoms with Gasteiger partial charge in [-0.2, -0.15) is 0 Å². The third-order valence-corrected chi connectivity index (χ3v) is 3.85. The van der Waals surface area contributed by atoms with E-state index >= 15 is 0 Å². The third kappa shape index (κ3) is 4.23. The normalized spacial score (nSPS) is 10.5. The molecule has 0 bridgehead atoms. The minimum absolute atomic E-state index is 0.183. The van der Waals surface area contributed by atoms with E-state index in [-0.39, 0.29) is 6.61 Å². The smallest absolute Gasteiger partial charge is 0.0471 e. The lowest BCUT2D eigenvalue weighted by Gasteiger charge is -2.09. The molecule has 0 heterocycles. The molecule has 0 amide bonds. The minimum atomic E-state index is 0.183. The Morgan fingerprint density at radius 2 is 1.84 bits per heavy atom. The quantitative estimate of drug-likeness (QED) is 0.853. The highest BCUT2D eigenvalue weighted by atomic mass is 79.9. The van der Waals surface area contributed by atoms with Crippen LogP contribution in [-0.4, -0.2) is 11.7 Å². The molecule has 0 fully saturated rings. The van der Waals surface area contributed by atoms with Gasteiger partial charge in [0.1, 0.15) is 0 Å². The molecule has 0 aromatic heterocycles. The van der Waals surface area contributed by atoms with Crippen molar-refractivity contribution in [1.29, 1.82) is 0 Å². The average molecular weight is 341 g/mol. The zero-order valence-electron chi connectivity index (χ0n) is 10.4. The molecule has 0 atom stereocenters. The van der Waals surface area contributed by atoms with E-state index in [1.807, 2.05) is 42.5 Å². The molecule has 0 aliphatic heterocycles. The van der Waals surface area contributed by atoms with Crippen molar-refractivity contribution in [2.24, 2.45) is 0 Å². The molecule has 2 nitrogen and oxygen atoms in total. The van der Waals surface area contributed by atoms with E-state index in [0.717, 1.165) is 26.3 Å². The molecule has 0 spiro atoms. The Labute approximate surface area is 126 Å². The minimum Gasteiger partial charge on any atom is -0.396 e. The number of aliphatic hydroxyl groups excluding tert-OH is 1. The van der Waals surface area contributed by atoms with Crippen molar-refractivity contribution in [1.82, 2.24) is 0 Å². The monoisotopic (exact) mass is 339 g/mol. The van der Waals surface area contributed by atoms with Crippen LogP contribution in [0.3, 0.4) is 0 Å². The zero-order chi connectivity index (χ0) is 13.7.